The van der Waals surface area contributed by atoms with E-state index >= 15 is 0 Å². The van der Waals surface area contributed by atoms with Crippen LogP contribution in [-0.2, 0) is 6.54 Å². The van der Waals surface area contributed by atoms with Crippen LogP contribution in [0.15, 0.2) is 59.8 Å². The first-order valence-electron chi connectivity index (χ1n) is 7.19. The van der Waals surface area contributed by atoms with Crippen LogP contribution in [-0.4, -0.2) is 38.2 Å². The smallest absolute Gasteiger partial charge is 0.169 e. The predicted octanol–water partition coefficient (Wildman–Crippen LogP) is 2.53. The van der Waals surface area contributed by atoms with Gasteiger partial charge in [0.25, 0.3) is 0 Å². The minimum atomic E-state index is -0.727. The summed E-state index contributed by atoms with van der Waals surface area (Å²) < 4.78 is 2.15. The van der Waals surface area contributed by atoms with Crippen LogP contribution in [0, 0.1) is 0 Å². The molecule has 0 spiro atoms. The number of para-hydroxylation sites is 2. The van der Waals surface area contributed by atoms with Crippen molar-refractivity contribution in [2.75, 3.05) is 12.4 Å². The maximum atomic E-state index is 9.57. The fourth-order valence-electron chi connectivity index (χ4n) is 2.31. The molecule has 0 aliphatic rings. The van der Waals surface area contributed by atoms with Gasteiger partial charge < -0.3 is 14.8 Å². The first kappa shape index (κ1) is 15.1. The lowest BCUT2D eigenvalue weighted by molar-refractivity contribution is 0.113. The molecule has 0 bridgehead atoms. The highest BCUT2D eigenvalue weighted by Gasteiger charge is 2.13. The Morgan fingerprint density at radius 1 is 1.05 bits per heavy atom. The number of aliphatic hydroxyl groups excluding tert-OH is 2. The molecular formula is C17H18N2O2S. The number of nitrogens with zero attached hydrogens (tertiary/aromatic N) is 2. The van der Waals surface area contributed by atoms with Gasteiger partial charge in [0.15, 0.2) is 5.16 Å². The molecule has 2 N–H and O–H groups in total. The monoisotopic (exact) mass is 314 g/mol. The Balaban J connectivity index is 1.94. The normalized spacial score (nSPS) is 12.6. The van der Waals surface area contributed by atoms with Crippen LogP contribution in [0.5, 0.6) is 0 Å². The van der Waals surface area contributed by atoms with Gasteiger partial charge in [0.1, 0.15) is 0 Å². The fourth-order valence-corrected chi connectivity index (χ4v) is 3.23. The summed E-state index contributed by atoms with van der Waals surface area (Å²) in [5.41, 5.74) is 3.22. The number of benzene rings is 2. The molecule has 0 amide bonds. The van der Waals surface area contributed by atoms with E-state index in [0.717, 1.165) is 22.7 Å². The topological polar surface area (TPSA) is 58.3 Å². The molecule has 1 heterocycles. The minimum Gasteiger partial charge on any atom is -0.394 e. The van der Waals surface area contributed by atoms with Gasteiger partial charge in [-0.15, -0.1) is 0 Å². The highest BCUT2D eigenvalue weighted by Crippen LogP contribution is 2.25. The van der Waals surface area contributed by atoms with Crippen molar-refractivity contribution in [1.29, 1.82) is 0 Å². The molecule has 1 aromatic heterocycles. The van der Waals surface area contributed by atoms with Crippen LogP contribution in [0.25, 0.3) is 11.0 Å². The minimum absolute atomic E-state index is 0.230. The Hall–Kier alpha value is -1.82. The molecule has 3 aromatic rings. The van der Waals surface area contributed by atoms with Crippen LogP contribution < -0.4 is 0 Å². The lowest BCUT2D eigenvalue weighted by Gasteiger charge is -2.10. The van der Waals surface area contributed by atoms with Gasteiger partial charge in [-0.2, -0.15) is 0 Å². The van der Waals surface area contributed by atoms with Crippen LogP contribution in [0.2, 0.25) is 0 Å². The SMILES string of the molecule is OCC(O)CSc1nc2ccccc2n1Cc1ccccc1. The van der Waals surface area contributed by atoms with Gasteiger partial charge in [0.05, 0.1) is 30.3 Å². The highest BCUT2D eigenvalue weighted by atomic mass is 32.2. The Morgan fingerprint density at radius 3 is 2.55 bits per heavy atom. The van der Waals surface area contributed by atoms with E-state index in [1.165, 1.54) is 17.3 Å². The Bertz CT molecular complexity index is 743. The molecule has 1 atom stereocenters. The second-order valence-corrected chi connectivity index (χ2v) is 6.09. The zero-order chi connectivity index (χ0) is 15.4. The molecule has 0 saturated carbocycles. The lowest BCUT2D eigenvalue weighted by Crippen LogP contribution is -2.15. The molecule has 0 fully saturated rings. The fraction of sp³-hybridized carbons (Fsp3) is 0.235. The Morgan fingerprint density at radius 2 is 1.77 bits per heavy atom. The summed E-state index contributed by atoms with van der Waals surface area (Å²) >= 11 is 1.47. The Kier molecular flexibility index (Phi) is 4.77. The number of imidazole rings is 1. The van der Waals surface area contributed by atoms with E-state index in [0.29, 0.717) is 5.75 Å². The van der Waals surface area contributed by atoms with Gasteiger partial charge in [-0.3, -0.25) is 0 Å². The summed E-state index contributed by atoms with van der Waals surface area (Å²) in [4.78, 5) is 4.65. The number of aliphatic hydroxyl groups is 2. The van der Waals surface area contributed by atoms with Crippen molar-refractivity contribution in [1.82, 2.24) is 9.55 Å². The van der Waals surface area contributed by atoms with Crippen LogP contribution in [0.1, 0.15) is 5.56 Å². The first-order valence-corrected chi connectivity index (χ1v) is 8.17. The van der Waals surface area contributed by atoms with Gasteiger partial charge in [0.2, 0.25) is 0 Å². The van der Waals surface area contributed by atoms with E-state index < -0.39 is 6.10 Å². The number of thioether (sulfide) groups is 1. The zero-order valence-electron chi connectivity index (χ0n) is 12.1. The summed E-state index contributed by atoms with van der Waals surface area (Å²) in [7, 11) is 0. The first-order chi connectivity index (χ1) is 10.8. The van der Waals surface area contributed by atoms with Gasteiger partial charge in [-0.05, 0) is 17.7 Å². The molecule has 22 heavy (non-hydrogen) atoms. The lowest BCUT2D eigenvalue weighted by atomic mass is 10.2. The van der Waals surface area contributed by atoms with E-state index in [9.17, 15) is 5.11 Å². The number of hydrogen-bond donors (Lipinski definition) is 2. The zero-order valence-corrected chi connectivity index (χ0v) is 12.9. The van der Waals surface area contributed by atoms with E-state index in [1.54, 1.807) is 0 Å². The standard InChI is InChI=1S/C17H18N2O2S/c20-11-14(21)12-22-17-18-15-8-4-5-9-16(15)19(17)10-13-6-2-1-3-7-13/h1-9,14,20-21H,10-12H2. The van der Waals surface area contributed by atoms with Crippen molar-refractivity contribution in [3.05, 3.63) is 60.2 Å². The van der Waals surface area contributed by atoms with E-state index in [2.05, 4.69) is 27.8 Å². The third-order valence-electron chi connectivity index (χ3n) is 3.42. The van der Waals surface area contributed by atoms with Crippen molar-refractivity contribution in [2.24, 2.45) is 0 Å². The van der Waals surface area contributed by atoms with E-state index in [-0.39, 0.29) is 6.61 Å². The van der Waals surface area contributed by atoms with Crippen LogP contribution in [0.4, 0.5) is 0 Å². The number of fused-ring (bicyclic) bond motifs is 1. The van der Waals surface area contributed by atoms with Crippen molar-refractivity contribution < 1.29 is 10.2 Å². The number of aromatic nitrogens is 2. The summed E-state index contributed by atoms with van der Waals surface area (Å²) in [5, 5.41) is 19.4. The molecular weight excluding hydrogens is 296 g/mol. The van der Waals surface area contributed by atoms with Crippen LogP contribution in [0.3, 0.4) is 0 Å². The van der Waals surface area contributed by atoms with Crippen molar-refractivity contribution >= 4 is 22.8 Å². The average molecular weight is 314 g/mol. The van der Waals surface area contributed by atoms with E-state index in [1.807, 2.05) is 36.4 Å². The predicted molar refractivity (Wildman–Crippen MR) is 89.1 cm³/mol. The molecule has 0 aliphatic heterocycles. The molecule has 0 saturated heterocycles. The van der Waals surface area contributed by atoms with Gasteiger partial charge in [-0.25, -0.2) is 4.98 Å². The summed E-state index contributed by atoms with van der Waals surface area (Å²) in [6.07, 6.45) is -0.727. The quantitative estimate of drug-likeness (QED) is 0.687. The average Bonchev–Trinajstić information content (AvgIpc) is 2.91. The summed E-state index contributed by atoms with van der Waals surface area (Å²) in [6, 6.07) is 18.2. The maximum Gasteiger partial charge on any atom is 0.169 e. The molecule has 1 unspecified atom stereocenters. The van der Waals surface area contributed by atoms with E-state index in [4.69, 9.17) is 5.11 Å². The summed E-state index contributed by atoms with van der Waals surface area (Å²) in [6.45, 7) is 0.505. The second-order valence-electron chi connectivity index (χ2n) is 5.10. The maximum absolute atomic E-state index is 9.57. The molecule has 0 aliphatic carbocycles. The van der Waals surface area contributed by atoms with Gasteiger partial charge in [0, 0.05) is 5.75 Å². The third-order valence-corrected chi connectivity index (χ3v) is 4.54. The summed E-state index contributed by atoms with van der Waals surface area (Å²) in [5.74, 6) is 0.425. The largest absolute Gasteiger partial charge is 0.394 e. The number of rotatable bonds is 6. The molecule has 3 rings (SSSR count). The molecule has 5 heteroatoms. The molecule has 114 valence electrons. The molecule has 4 nitrogen and oxygen atoms in total. The number of hydrogen-bond acceptors (Lipinski definition) is 4. The highest BCUT2D eigenvalue weighted by molar-refractivity contribution is 7.99. The van der Waals surface area contributed by atoms with Crippen molar-refractivity contribution in [3.63, 3.8) is 0 Å². The van der Waals surface area contributed by atoms with Crippen LogP contribution >= 0.6 is 11.8 Å². The van der Waals surface area contributed by atoms with Crippen molar-refractivity contribution in [2.45, 2.75) is 17.8 Å². The van der Waals surface area contributed by atoms with Crippen molar-refractivity contribution in [3.8, 4) is 0 Å². The third kappa shape index (κ3) is 3.32. The van der Waals surface area contributed by atoms with Gasteiger partial charge in [-0.1, -0.05) is 54.2 Å². The molecule has 0 radical (unpaired) electrons. The Labute approximate surface area is 133 Å². The van der Waals surface area contributed by atoms with Gasteiger partial charge >= 0.3 is 0 Å². The second kappa shape index (κ2) is 6.96. The molecule has 2 aromatic carbocycles.